The lowest BCUT2D eigenvalue weighted by atomic mass is 9.84. The van der Waals surface area contributed by atoms with E-state index >= 15 is 0 Å². The first kappa shape index (κ1) is 18.5. The maximum Gasteiger partial charge on any atom is 0.241 e. The predicted molar refractivity (Wildman–Crippen MR) is 96.6 cm³/mol. The Labute approximate surface area is 151 Å². The number of alkyl halides is 1. The van der Waals surface area contributed by atoms with Crippen molar-refractivity contribution >= 4 is 5.91 Å². The number of nitrogens with zero attached hydrogens (tertiary/aromatic N) is 1. The van der Waals surface area contributed by atoms with Gasteiger partial charge in [0.2, 0.25) is 5.91 Å². The van der Waals surface area contributed by atoms with Crippen LogP contribution in [0.4, 0.5) is 8.78 Å². The van der Waals surface area contributed by atoms with Crippen molar-refractivity contribution < 1.29 is 13.6 Å². The molecule has 1 aliphatic heterocycles. The summed E-state index contributed by atoms with van der Waals surface area (Å²) in [4.78, 5) is 14.2. The molecule has 2 aromatic rings. The highest BCUT2D eigenvalue weighted by Crippen LogP contribution is 2.30. The smallest absolute Gasteiger partial charge is 0.241 e. The highest BCUT2D eigenvalue weighted by molar-refractivity contribution is 5.84. The standard InChI is InChI=1S/C20H23F2N3O/c1-12-2-4-13(5-3-12)18(14-6-8-15(21)9-7-14)19(24)20(26)25-11-16(22)10-17(25)23/h2-9,16-19H,10-11,23-24H2,1H3/t16-,17-,18?,19-/m0/s1. The van der Waals surface area contributed by atoms with Crippen LogP contribution in [0.5, 0.6) is 0 Å². The van der Waals surface area contributed by atoms with Crippen LogP contribution in [0.2, 0.25) is 0 Å². The number of hydrogen-bond donors (Lipinski definition) is 2. The fraction of sp³-hybridized carbons (Fsp3) is 0.350. The van der Waals surface area contributed by atoms with E-state index in [-0.39, 0.29) is 18.8 Å². The Balaban J connectivity index is 1.95. The molecule has 3 rings (SSSR count). The van der Waals surface area contributed by atoms with Gasteiger partial charge in [-0.25, -0.2) is 8.78 Å². The molecule has 26 heavy (non-hydrogen) atoms. The number of carbonyl (C=O) groups excluding carboxylic acids is 1. The van der Waals surface area contributed by atoms with Crippen molar-refractivity contribution in [2.75, 3.05) is 6.54 Å². The molecule has 4 N–H and O–H groups in total. The van der Waals surface area contributed by atoms with Gasteiger partial charge >= 0.3 is 0 Å². The summed E-state index contributed by atoms with van der Waals surface area (Å²) in [5.74, 6) is -1.24. The monoisotopic (exact) mass is 359 g/mol. The summed E-state index contributed by atoms with van der Waals surface area (Å²) >= 11 is 0. The molecule has 1 aliphatic rings. The van der Waals surface area contributed by atoms with E-state index < -0.39 is 30.2 Å². The van der Waals surface area contributed by atoms with Gasteiger partial charge in [-0.3, -0.25) is 4.79 Å². The molecule has 1 unspecified atom stereocenters. The van der Waals surface area contributed by atoms with Gasteiger partial charge in [0.1, 0.15) is 12.0 Å². The van der Waals surface area contributed by atoms with Crippen molar-refractivity contribution in [2.45, 2.75) is 37.6 Å². The van der Waals surface area contributed by atoms with Crippen LogP contribution in [-0.2, 0) is 4.79 Å². The third-order valence-electron chi connectivity index (χ3n) is 4.89. The lowest BCUT2D eigenvalue weighted by Crippen LogP contribution is -2.51. The zero-order chi connectivity index (χ0) is 18.8. The molecule has 0 radical (unpaired) electrons. The number of carbonyl (C=O) groups is 1. The zero-order valence-electron chi connectivity index (χ0n) is 14.6. The molecule has 4 nitrogen and oxygen atoms in total. The SMILES string of the molecule is Cc1ccc(C(c2ccc(F)cc2)[C@H](N)C(=O)N2C[C@@H](F)C[C@H]2N)cc1. The molecule has 2 aromatic carbocycles. The third-order valence-corrected chi connectivity index (χ3v) is 4.89. The van der Waals surface area contributed by atoms with Crippen LogP contribution in [0.25, 0.3) is 0 Å². The minimum absolute atomic E-state index is 0.0439. The maximum absolute atomic E-state index is 13.6. The molecule has 0 saturated carbocycles. The molecule has 4 atom stereocenters. The molecule has 138 valence electrons. The number of aryl methyl sites for hydroxylation is 1. The average molecular weight is 359 g/mol. The van der Waals surface area contributed by atoms with Gasteiger partial charge in [-0.05, 0) is 30.2 Å². The van der Waals surface area contributed by atoms with Gasteiger partial charge in [0, 0.05) is 12.3 Å². The predicted octanol–water partition coefficient (Wildman–Crippen LogP) is 2.45. The van der Waals surface area contributed by atoms with E-state index in [1.807, 2.05) is 31.2 Å². The normalized spacial score (nSPS) is 22.3. The highest BCUT2D eigenvalue weighted by atomic mass is 19.1. The molecule has 0 aliphatic carbocycles. The number of likely N-dealkylation sites (tertiary alicyclic amines) is 1. The van der Waals surface area contributed by atoms with Gasteiger partial charge in [0.25, 0.3) is 0 Å². The first-order valence-electron chi connectivity index (χ1n) is 8.64. The number of benzene rings is 2. The minimum Gasteiger partial charge on any atom is -0.323 e. The topological polar surface area (TPSA) is 72.4 Å². The highest BCUT2D eigenvalue weighted by Gasteiger charge is 2.38. The van der Waals surface area contributed by atoms with Crippen LogP contribution >= 0.6 is 0 Å². The second-order valence-corrected chi connectivity index (χ2v) is 6.86. The molecule has 0 spiro atoms. The summed E-state index contributed by atoms with van der Waals surface area (Å²) in [5.41, 5.74) is 14.9. The summed E-state index contributed by atoms with van der Waals surface area (Å²) in [6.45, 7) is 1.92. The largest absolute Gasteiger partial charge is 0.323 e. The van der Waals surface area contributed by atoms with Crippen LogP contribution in [0.1, 0.15) is 29.0 Å². The molecule has 1 saturated heterocycles. The second-order valence-electron chi connectivity index (χ2n) is 6.86. The first-order chi connectivity index (χ1) is 12.4. The quantitative estimate of drug-likeness (QED) is 0.881. The van der Waals surface area contributed by atoms with Gasteiger partial charge in [-0.1, -0.05) is 42.0 Å². The zero-order valence-corrected chi connectivity index (χ0v) is 14.6. The Morgan fingerprint density at radius 3 is 2.15 bits per heavy atom. The maximum atomic E-state index is 13.6. The summed E-state index contributed by atoms with van der Waals surface area (Å²) in [6.07, 6.45) is -1.69. The van der Waals surface area contributed by atoms with Crippen molar-refractivity contribution in [3.05, 3.63) is 71.0 Å². The molecule has 6 heteroatoms. The molecular formula is C20H23F2N3O. The number of amides is 1. The van der Waals surface area contributed by atoms with Crippen molar-refractivity contribution in [3.8, 4) is 0 Å². The lowest BCUT2D eigenvalue weighted by molar-refractivity contribution is -0.133. The van der Waals surface area contributed by atoms with Crippen molar-refractivity contribution in [2.24, 2.45) is 11.5 Å². The van der Waals surface area contributed by atoms with Gasteiger partial charge < -0.3 is 16.4 Å². The summed E-state index contributed by atoms with van der Waals surface area (Å²) in [7, 11) is 0. The third kappa shape index (κ3) is 3.76. The second kappa shape index (κ2) is 7.51. The van der Waals surface area contributed by atoms with Crippen molar-refractivity contribution in [1.29, 1.82) is 0 Å². The van der Waals surface area contributed by atoms with Crippen molar-refractivity contribution in [1.82, 2.24) is 4.90 Å². The Bertz CT molecular complexity index is 718. The fourth-order valence-corrected chi connectivity index (χ4v) is 3.45. The number of hydrogen-bond acceptors (Lipinski definition) is 3. The van der Waals surface area contributed by atoms with Gasteiger partial charge in [0.05, 0.1) is 18.8 Å². The number of nitrogens with two attached hydrogens (primary N) is 2. The van der Waals surface area contributed by atoms with Crippen molar-refractivity contribution in [3.63, 3.8) is 0 Å². The summed E-state index contributed by atoms with van der Waals surface area (Å²) in [5, 5.41) is 0. The molecule has 0 bridgehead atoms. The molecular weight excluding hydrogens is 336 g/mol. The molecule has 1 heterocycles. The fourth-order valence-electron chi connectivity index (χ4n) is 3.45. The van der Waals surface area contributed by atoms with Gasteiger partial charge in [0.15, 0.2) is 0 Å². The van der Waals surface area contributed by atoms with E-state index in [4.69, 9.17) is 11.5 Å². The molecule has 1 fully saturated rings. The van der Waals surface area contributed by atoms with Gasteiger partial charge in [-0.2, -0.15) is 0 Å². The van der Waals surface area contributed by atoms with E-state index in [2.05, 4.69) is 0 Å². The van der Waals surface area contributed by atoms with E-state index in [1.54, 1.807) is 12.1 Å². The Morgan fingerprint density at radius 1 is 1.12 bits per heavy atom. The number of rotatable bonds is 4. The molecule has 1 amide bonds. The Morgan fingerprint density at radius 2 is 1.65 bits per heavy atom. The minimum atomic E-state index is -1.13. The van der Waals surface area contributed by atoms with E-state index in [9.17, 15) is 13.6 Å². The van der Waals surface area contributed by atoms with E-state index in [1.165, 1.54) is 17.0 Å². The van der Waals surface area contributed by atoms with Crippen LogP contribution < -0.4 is 11.5 Å². The Kier molecular flexibility index (Phi) is 5.34. The average Bonchev–Trinajstić information content (AvgIpc) is 2.96. The lowest BCUT2D eigenvalue weighted by Gasteiger charge is -2.30. The van der Waals surface area contributed by atoms with Crippen LogP contribution in [-0.4, -0.2) is 35.7 Å². The van der Waals surface area contributed by atoms with E-state index in [0.717, 1.165) is 16.7 Å². The Hall–Kier alpha value is -2.31. The molecule has 0 aromatic heterocycles. The summed E-state index contributed by atoms with van der Waals surface area (Å²) in [6, 6.07) is 12.6. The van der Waals surface area contributed by atoms with E-state index in [0.29, 0.717) is 0 Å². The van der Waals surface area contributed by atoms with Gasteiger partial charge in [-0.15, -0.1) is 0 Å². The number of halogens is 2. The van der Waals surface area contributed by atoms with Crippen LogP contribution in [0.15, 0.2) is 48.5 Å². The first-order valence-corrected chi connectivity index (χ1v) is 8.64. The van der Waals surface area contributed by atoms with Crippen LogP contribution in [0, 0.1) is 12.7 Å². The summed E-state index contributed by atoms with van der Waals surface area (Å²) < 4.78 is 27.0. The van der Waals surface area contributed by atoms with Crippen LogP contribution in [0.3, 0.4) is 0 Å².